The summed E-state index contributed by atoms with van der Waals surface area (Å²) < 4.78 is 10.8. The van der Waals surface area contributed by atoms with Crippen LogP contribution < -0.4 is 20.5 Å². The third-order valence-electron chi connectivity index (χ3n) is 4.38. The molecule has 1 aromatic rings. The molecule has 0 amide bonds. The van der Waals surface area contributed by atoms with Gasteiger partial charge in [-0.15, -0.1) is 0 Å². The summed E-state index contributed by atoms with van der Waals surface area (Å²) in [6.07, 6.45) is 7.76. The van der Waals surface area contributed by atoms with Crippen molar-refractivity contribution in [3.05, 3.63) is 22.7 Å². The molecule has 3 rings (SSSR count). The Balaban J connectivity index is 1.75. The molecule has 1 heterocycles. The summed E-state index contributed by atoms with van der Waals surface area (Å²) in [7, 11) is 0. The fourth-order valence-corrected chi connectivity index (χ4v) is 3.49. The molecule has 1 unspecified atom stereocenters. The summed E-state index contributed by atoms with van der Waals surface area (Å²) in [5.41, 5.74) is 7.06. The SMILES string of the molecule is NCC(NC1CCCCCC1)c1cc(Cl)c2c(c1)OCO2. The molecule has 1 fully saturated rings. The van der Waals surface area contributed by atoms with Crippen molar-refractivity contribution in [2.24, 2.45) is 5.73 Å². The van der Waals surface area contributed by atoms with Gasteiger partial charge in [-0.1, -0.05) is 37.3 Å². The van der Waals surface area contributed by atoms with Gasteiger partial charge < -0.3 is 20.5 Å². The number of nitrogens with one attached hydrogen (secondary N) is 1. The van der Waals surface area contributed by atoms with Gasteiger partial charge in [-0.25, -0.2) is 0 Å². The maximum atomic E-state index is 6.27. The summed E-state index contributed by atoms with van der Waals surface area (Å²) >= 11 is 6.27. The van der Waals surface area contributed by atoms with Crippen molar-refractivity contribution in [3.8, 4) is 11.5 Å². The Kier molecular flexibility index (Phi) is 4.88. The highest BCUT2D eigenvalue weighted by Gasteiger charge is 2.23. The first-order chi connectivity index (χ1) is 10.3. The lowest BCUT2D eigenvalue weighted by Gasteiger charge is -2.24. The maximum absolute atomic E-state index is 6.27. The lowest BCUT2D eigenvalue weighted by atomic mass is 10.0. The monoisotopic (exact) mass is 310 g/mol. The molecule has 0 bridgehead atoms. The van der Waals surface area contributed by atoms with E-state index in [-0.39, 0.29) is 12.8 Å². The van der Waals surface area contributed by atoms with Gasteiger partial charge in [0.15, 0.2) is 11.5 Å². The van der Waals surface area contributed by atoms with Crippen molar-refractivity contribution in [2.75, 3.05) is 13.3 Å². The smallest absolute Gasteiger partial charge is 0.231 e. The van der Waals surface area contributed by atoms with Crippen molar-refractivity contribution in [1.29, 1.82) is 0 Å². The van der Waals surface area contributed by atoms with E-state index in [2.05, 4.69) is 5.32 Å². The lowest BCUT2D eigenvalue weighted by Crippen LogP contribution is -2.36. The second kappa shape index (κ2) is 6.86. The van der Waals surface area contributed by atoms with Crippen LogP contribution in [-0.4, -0.2) is 19.4 Å². The Hall–Kier alpha value is -0.970. The van der Waals surface area contributed by atoms with Crippen molar-refractivity contribution in [1.82, 2.24) is 5.32 Å². The summed E-state index contributed by atoms with van der Waals surface area (Å²) in [6.45, 7) is 0.786. The number of hydrogen-bond acceptors (Lipinski definition) is 4. The molecule has 0 spiro atoms. The van der Waals surface area contributed by atoms with Crippen LogP contribution in [0.3, 0.4) is 0 Å². The van der Waals surface area contributed by atoms with Crippen LogP contribution in [0.25, 0.3) is 0 Å². The van der Waals surface area contributed by atoms with E-state index in [1.54, 1.807) is 0 Å². The number of rotatable bonds is 4. The van der Waals surface area contributed by atoms with Gasteiger partial charge in [0.2, 0.25) is 6.79 Å². The first-order valence-corrected chi connectivity index (χ1v) is 8.21. The average molecular weight is 311 g/mol. The van der Waals surface area contributed by atoms with Gasteiger partial charge in [-0.3, -0.25) is 0 Å². The number of benzene rings is 1. The van der Waals surface area contributed by atoms with E-state index in [4.69, 9.17) is 26.8 Å². The third-order valence-corrected chi connectivity index (χ3v) is 4.66. The van der Waals surface area contributed by atoms with Crippen molar-refractivity contribution >= 4 is 11.6 Å². The summed E-state index contributed by atoms with van der Waals surface area (Å²) in [6, 6.07) is 4.59. The maximum Gasteiger partial charge on any atom is 0.231 e. The second-order valence-corrected chi connectivity index (χ2v) is 6.29. The minimum absolute atomic E-state index is 0.111. The molecule has 1 saturated carbocycles. The van der Waals surface area contributed by atoms with Crippen molar-refractivity contribution in [2.45, 2.75) is 50.6 Å². The normalized spacial score (nSPS) is 20.3. The van der Waals surface area contributed by atoms with E-state index in [1.807, 2.05) is 12.1 Å². The quantitative estimate of drug-likeness (QED) is 0.837. The van der Waals surface area contributed by atoms with Gasteiger partial charge in [0.25, 0.3) is 0 Å². The minimum atomic E-state index is 0.111. The molecule has 1 aliphatic heterocycles. The highest BCUT2D eigenvalue weighted by molar-refractivity contribution is 6.32. The van der Waals surface area contributed by atoms with Crippen LogP contribution in [0.1, 0.15) is 50.1 Å². The Morgan fingerprint density at radius 1 is 1.19 bits per heavy atom. The molecule has 3 N–H and O–H groups in total. The van der Waals surface area contributed by atoms with E-state index in [1.165, 1.54) is 38.5 Å². The highest BCUT2D eigenvalue weighted by atomic mass is 35.5. The summed E-state index contributed by atoms with van der Waals surface area (Å²) in [5, 5.41) is 4.30. The molecule has 0 radical (unpaired) electrons. The number of halogens is 1. The lowest BCUT2D eigenvalue weighted by molar-refractivity contribution is 0.174. The molecule has 1 aliphatic carbocycles. The largest absolute Gasteiger partial charge is 0.454 e. The van der Waals surface area contributed by atoms with E-state index >= 15 is 0 Å². The van der Waals surface area contributed by atoms with E-state index in [0.717, 1.165) is 11.3 Å². The molecule has 2 aliphatic rings. The molecule has 21 heavy (non-hydrogen) atoms. The first-order valence-electron chi connectivity index (χ1n) is 7.83. The van der Waals surface area contributed by atoms with Crippen LogP contribution >= 0.6 is 11.6 Å². The highest BCUT2D eigenvalue weighted by Crippen LogP contribution is 2.41. The summed E-state index contributed by atoms with van der Waals surface area (Å²) in [4.78, 5) is 0. The van der Waals surface area contributed by atoms with Gasteiger partial charge >= 0.3 is 0 Å². The molecule has 4 nitrogen and oxygen atoms in total. The number of ether oxygens (including phenoxy) is 2. The van der Waals surface area contributed by atoms with Crippen LogP contribution in [0.15, 0.2) is 12.1 Å². The topological polar surface area (TPSA) is 56.5 Å². The zero-order chi connectivity index (χ0) is 14.7. The molecule has 116 valence electrons. The van der Waals surface area contributed by atoms with Crippen LogP contribution in [0.5, 0.6) is 11.5 Å². The molecular weight excluding hydrogens is 288 g/mol. The minimum Gasteiger partial charge on any atom is -0.454 e. The molecule has 5 heteroatoms. The standard InChI is InChI=1S/C16H23ClN2O2/c17-13-7-11(8-15-16(13)21-10-20-15)14(9-18)19-12-5-3-1-2-4-6-12/h7-8,12,14,19H,1-6,9-10,18H2. The van der Waals surface area contributed by atoms with Gasteiger partial charge in [-0.05, 0) is 30.5 Å². The van der Waals surface area contributed by atoms with Crippen LogP contribution in [0.4, 0.5) is 0 Å². The van der Waals surface area contributed by atoms with Gasteiger partial charge in [0.05, 0.1) is 5.02 Å². The molecular formula is C16H23ClN2O2. The number of hydrogen-bond donors (Lipinski definition) is 2. The van der Waals surface area contributed by atoms with E-state index in [0.29, 0.717) is 23.4 Å². The van der Waals surface area contributed by atoms with E-state index < -0.39 is 0 Å². The van der Waals surface area contributed by atoms with E-state index in [9.17, 15) is 0 Å². The molecule has 0 aromatic heterocycles. The number of fused-ring (bicyclic) bond motifs is 1. The average Bonchev–Trinajstić information content (AvgIpc) is 2.82. The number of nitrogens with two attached hydrogens (primary N) is 1. The fraction of sp³-hybridized carbons (Fsp3) is 0.625. The predicted octanol–water partition coefficient (Wildman–Crippen LogP) is 3.38. The molecule has 0 saturated heterocycles. The van der Waals surface area contributed by atoms with Crippen molar-refractivity contribution < 1.29 is 9.47 Å². The Bertz CT molecular complexity index is 487. The predicted molar refractivity (Wildman–Crippen MR) is 84.0 cm³/mol. The molecule has 1 atom stereocenters. The Labute approximate surface area is 130 Å². The first kappa shape index (κ1) is 14.9. The zero-order valence-corrected chi connectivity index (χ0v) is 13.0. The van der Waals surface area contributed by atoms with Crippen LogP contribution in [0.2, 0.25) is 5.02 Å². The van der Waals surface area contributed by atoms with Gasteiger partial charge in [0.1, 0.15) is 0 Å². The van der Waals surface area contributed by atoms with Gasteiger partial charge in [0, 0.05) is 18.6 Å². The summed E-state index contributed by atoms with van der Waals surface area (Å²) in [5.74, 6) is 1.37. The fourth-order valence-electron chi connectivity index (χ4n) is 3.22. The second-order valence-electron chi connectivity index (χ2n) is 5.88. The Morgan fingerprint density at radius 2 is 1.95 bits per heavy atom. The molecule has 1 aromatic carbocycles. The zero-order valence-electron chi connectivity index (χ0n) is 12.2. The van der Waals surface area contributed by atoms with Crippen molar-refractivity contribution in [3.63, 3.8) is 0 Å². The van der Waals surface area contributed by atoms with Crippen LogP contribution in [-0.2, 0) is 0 Å². The van der Waals surface area contributed by atoms with Gasteiger partial charge in [-0.2, -0.15) is 0 Å². The Morgan fingerprint density at radius 3 is 2.67 bits per heavy atom. The van der Waals surface area contributed by atoms with Crippen LogP contribution in [0, 0.1) is 0 Å². The third kappa shape index (κ3) is 3.44.